The molecule has 0 unspecified atom stereocenters. The van der Waals surface area contributed by atoms with Crippen molar-refractivity contribution in [1.82, 2.24) is 0 Å². The number of ether oxygens (including phenoxy) is 1. The molecular formula is C9H8ClFO. The Labute approximate surface area is 75.1 Å². The number of hydrogen-bond donors (Lipinski definition) is 0. The lowest BCUT2D eigenvalue weighted by Gasteiger charge is -2.17. The molecule has 0 N–H and O–H groups in total. The molecule has 64 valence electrons. The van der Waals surface area contributed by atoms with E-state index in [1.807, 2.05) is 0 Å². The summed E-state index contributed by atoms with van der Waals surface area (Å²) in [4.78, 5) is 0. The quantitative estimate of drug-likeness (QED) is 0.606. The standard InChI is InChI=1S/C9H8ClFO/c10-9-6-2-1-5-12-8(6)4-3-7(9)11/h3-4H,1-2,5H2. The second kappa shape index (κ2) is 2.94. The largest absolute Gasteiger partial charge is 0.493 e. The first-order chi connectivity index (χ1) is 5.79. The molecule has 3 heteroatoms. The van der Waals surface area contributed by atoms with Gasteiger partial charge in [0, 0.05) is 5.56 Å². The van der Waals surface area contributed by atoms with E-state index < -0.39 is 0 Å². The first kappa shape index (κ1) is 7.87. The van der Waals surface area contributed by atoms with Gasteiger partial charge in [0.25, 0.3) is 0 Å². The molecule has 0 aliphatic carbocycles. The van der Waals surface area contributed by atoms with Crippen molar-refractivity contribution in [2.24, 2.45) is 0 Å². The van der Waals surface area contributed by atoms with E-state index in [9.17, 15) is 4.39 Å². The molecule has 2 rings (SSSR count). The van der Waals surface area contributed by atoms with Gasteiger partial charge in [-0.05, 0) is 25.0 Å². The summed E-state index contributed by atoms with van der Waals surface area (Å²) in [5.41, 5.74) is 0.808. The molecule has 0 fully saturated rings. The highest BCUT2D eigenvalue weighted by atomic mass is 35.5. The Hall–Kier alpha value is -0.760. The van der Waals surface area contributed by atoms with E-state index in [1.165, 1.54) is 6.07 Å². The predicted molar refractivity (Wildman–Crippen MR) is 45.2 cm³/mol. The van der Waals surface area contributed by atoms with Crippen LogP contribution >= 0.6 is 11.6 Å². The number of benzene rings is 1. The molecule has 0 saturated heterocycles. The van der Waals surface area contributed by atoms with E-state index in [0.29, 0.717) is 6.61 Å². The molecular weight excluding hydrogens is 179 g/mol. The van der Waals surface area contributed by atoms with Gasteiger partial charge in [0.1, 0.15) is 11.6 Å². The average Bonchev–Trinajstić information content (AvgIpc) is 2.12. The maximum absolute atomic E-state index is 12.9. The van der Waals surface area contributed by atoms with Crippen molar-refractivity contribution < 1.29 is 9.13 Å². The number of rotatable bonds is 0. The minimum atomic E-state index is -0.360. The zero-order chi connectivity index (χ0) is 8.55. The van der Waals surface area contributed by atoms with E-state index in [4.69, 9.17) is 16.3 Å². The van der Waals surface area contributed by atoms with Crippen LogP contribution in [0.15, 0.2) is 12.1 Å². The Bertz CT molecular complexity index is 312. The van der Waals surface area contributed by atoms with Crippen LogP contribution in [-0.2, 0) is 6.42 Å². The highest BCUT2D eigenvalue weighted by molar-refractivity contribution is 6.31. The summed E-state index contributed by atoms with van der Waals surface area (Å²) >= 11 is 5.76. The van der Waals surface area contributed by atoms with Crippen molar-refractivity contribution in [3.63, 3.8) is 0 Å². The van der Waals surface area contributed by atoms with Gasteiger partial charge in [0.05, 0.1) is 11.6 Å². The lowest BCUT2D eigenvalue weighted by Crippen LogP contribution is -2.09. The third-order valence-corrected chi connectivity index (χ3v) is 2.39. The average molecular weight is 187 g/mol. The van der Waals surface area contributed by atoms with Crippen molar-refractivity contribution in [3.05, 3.63) is 28.5 Å². The van der Waals surface area contributed by atoms with E-state index in [1.54, 1.807) is 6.07 Å². The van der Waals surface area contributed by atoms with E-state index in [0.717, 1.165) is 24.2 Å². The summed E-state index contributed by atoms with van der Waals surface area (Å²) in [6.07, 6.45) is 1.72. The SMILES string of the molecule is Fc1ccc2c(c1Cl)CCCO2. The fraction of sp³-hybridized carbons (Fsp3) is 0.333. The molecule has 12 heavy (non-hydrogen) atoms. The Balaban J connectivity index is 2.54. The van der Waals surface area contributed by atoms with Crippen molar-refractivity contribution in [1.29, 1.82) is 0 Å². The normalized spacial score (nSPS) is 15.2. The Kier molecular flexibility index (Phi) is 1.93. The number of fused-ring (bicyclic) bond motifs is 1. The highest BCUT2D eigenvalue weighted by Crippen LogP contribution is 2.32. The summed E-state index contributed by atoms with van der Waals surface area (Å²) in [6.45, 7) is 0.703. The lowest BCUT2D eigenvalue weighted by atomic mass is 10.1. The summed E-state index contributed by atoms with van der Waals surface area (Å²) in [5.74, 6) is 0.369. The second-order valence-corrected chi connectivity index (χ2v) is 3.17. The van der Waals surface area contributed by atoms with Crippen molar-refractivity contribution >= 4 is 11.6 Å². The summed E-state index contributed by atoms with van der Waals surface area (Å²) in [7, 11) is 0. The van der Waals surface area contributed by atoms with E-state index in [-0.39, 0.29) is 10.8 Å². The van der Waals surface area contributed by atoms with E-state index >= 15 is 0 Å². The fourth-order valence-corrected chi connectivity index (χ4v) is 1.62. The van der Waals surface area contributed by atoms with Crippen molar-refractivity contribution in [3.8, 4) is 5.75 Å². The van der Waals surface area contributed by atoms with E-state index in [2.05, 4.69) is 0 Å². The van der Waals surface area contributed by atoms with Crippen LogP contribution in [0.25, 0.3) is 0 Å². The molecule has 1 aromatic carbocycles. The van der Waals surface area contributed by atoms with Gasteiger partial charge in [-0.25, -0.2) is 4.39 Å². The zero-order valence-corrected chi connectivity index (χ0v) is 7.20. The van der Waals surface area contributed by atoms with Gasteiger partial charge in [0.15, 0.2) is 0 Å². The Morgan fingerprint density at radius 3 is 3.08 bits per heavy atom. The Morgan fingerprint density at radius 2 is 2.25 bits per heavy atom. The van der Waals surface area contributed by atoms with Gasteiger partial charge in [-0.15, -0.1) is 0 Å². The smallest absolute Gasteiger partial charge is 0.142 e. The number of hydrogen-bond acceptors (Lipinski definition) is 1. The van der Waals surface area contributed by atoms with Crippen LogP contribution in [-0.4, -0.2) is 6.61 Å². The summed E-state index contributed by atoms with van der Waals surface area (Å²) < 4.78 is 18.2. The van der Waals surface area contributed by atoms with Gasteiger partial charge in [-0.2, -0.15) is 0 Å². The van der Waals surface area contributed by atoms with Crippen LogP contribution in [0.5, 0.6) is 5.75 Å². The molecule has 0 aromatic heterocycles. The molecule has 0 bridgehead atoms. The minimum Gasteiger partial charge on any atom is -0.493 e. The molecule has 1 aliphatic rings. The minimum absolute atomic E-state index is 0.215. The van der Waals surface area contributed by atoms with Crippen LogP contribution in [0, 0.1) is 5.82 Å². The van der Waals surface area contributed by atoms with Crippen LogP contribution in [0.4, 0.5) is 4.39 Å². The molecule has 0 atom stereocenters. The first-order valence-electron chi connectivity index (χ1n) is 3.89. The maximum atomic E-state index is 12.9. The molecule has 0 radical (unpaired) electrons. The van der Waals surface area contributed by atoms with Crippen LogP contribution in [0.3, 0.4) is 0 Å². The molecule has 0 amide bonds. The van der Waals surface area contributed by atoms with Gasteiger partial charge < -0.3 is 4.74 Å². The summed E-state index contributed by atoms with van der Waals surface area (Å²) in [5, 5.41) is 0.215. The fourth-order valence-electron chi connectivity index (χ4n) is 1.37. The van der Waals surface area contributed by atoms with Gasteiger partial charge >= 0.3 is 0 Å². The second-order valence-electron chi connectivity index (χ2n) is 2.79. The molecule has 0 spiro atoms. The Morgan fingerprint density at radius 1 is 1.42 bits per heavy atom. The molecule has 1 heterocycles. The monoisotopic (exact) mass is 186 g/mol. The molecule has 1 nitrogen and oxygen atoms in total. The first-order valence-corrected chi connectivity index (χ1v) is 4.26. The summed E-state index contributed by atoms with van der Waals surface area (Å²) in [6, 6.07) is 2.97. The lowest BCUT2D eigenvalue weighted by molar-refractivity contribution is 0.287. The van der Waals surface area contributed by atoms with Crippen molar-refractivity contribution in [2.75, 3.05) is 6.61 Å². The van der Waals surface area contributed by atoms with Crippen LogP contribution in [0.2, 0.25) is 5.02 Å². The molecule has 0 saturated carbocycles. The van der Waals surface area contributed by atoms with Gasteiger partial charge in [0.2, 0.25) is 0 Å². The molecule has 1 aromatic rings. The highest BCUT2D eigenvalue weighted by Gasteiger charge is 2.15. The third-order valence-electron chi connectivity index (χ3n) is 1.98. The number of halogens is 2. The van der Waals surface area contributed by atoms with Gasteiger partial charge in [-0.3, -0.25) is 0 Å². The van der Waals surface area contributed by atoms with Crippen LogP contribution < -0.4 is 4.74 Å². The topological polar surface area (TPSA) is 9.23 Å². The van der Waals surface area contributed by atoms with Crippen LogP contribution in [0.1, 0.15) is 12.0 Å². The predicted octanol–water partition coefficient (Wildman–Crippen LogP) is 2.80. The molecule has 1 aliphatic heterocycles. The zero-order valence-electron chi connectivity index (χ0n) is 6.44. The maximum Gasteiger partial charge on any atom is 0.142 e. The van der Waals surface area contributed by atoms with Gasteiger partial charge in [-0.1, -0.05) is 11.6 Å². The third kappa shape index (κ3) is 1.16. The van der Waals surface area contributed by atoms with Crippen molar-refractivity contribution in [2.45, 2.75) is 12.8 Å².